The number of nitrogens with two attached hydrogens (primary N) is 1. The van der Waals surface area contributed by atoms with E-state index in [1.54, 1.807) is 37.5 Å². The summed E-state index contributed by atoms with van der Waals surface area (Å²) in [7, 11) is 0. The van der Waals surface area contributed by atoms with Gasteiger partial charge in [-0.15, -0.1) is 0 Å². The molecule has 0 spiro atoms. The predicted molar refractivity (Wildman–Crippen MR) is 109 cm³/mol. The van der Waals surface area contributed by atoms with Gasteiger partial charge < -0.3 is 11.1 Å². The zero-order chi connectivity index (χ0) is 21.0. The molecule has 3 N–H and O–H groups in total. The molecule has 3 rings (SSSR count). The lowest BCUT2D eigenvalue weighted by Crippen LogP contribution is -2.25. The lowest BCUT2D eigenvalue weighted by Gasteiger charge is -2.19. The third kappa shape index (κ3) is 4.60. The molecule has 0 fully saturated rings. The Bertz CT molecular complexity index is 1060. The second-order valence-corrected chi connectivity index (χ2v) is 6.97. The van der Waals surface area contributed by atoms with E-state index in [-0.39, 0.29) is 28.3 Å². The van der Waals surface area contributed by atoms with Crippen LogP contribution in [0.1, 0.15) is 50.2 Å². The van der Waals surface area contributed by atoms with Crippen molar-refractivity contribution in [3.05, 3.63) is 99.6 Å². The predicted octanol–water partition coefficient (Wildman–Crippen LogP) is 4.05. The van der Waals surface area contributed by atoms with E-state index < -0.39 is 23.5 Å². The number of carbonyl (C=O) groups is 2. The highest BCUT2D eigenvalue weighted by Gasteiger charge is 2.23. The molecule has 148 valence electrons. The Hall–Kier alpha value is -3.25. The van der Waals surface area contributed by atoms with Crippen LogP contribution in [0.25, 0.3) is 0 Å². The molecule has 2 amide bonds. The SMILES string of the molecule is CC(c1ccc(C(N)=O)cc1Cl)c1c(F)cccc1C(=O)NCc1cccnc1. The van der Waals surface area contributed by atoms with Crippen LogP contribution in [0.3, 0.4) is 0 Å². The van der Waals surface area contributed by atoms with Crippen LogP contribution in [-0.2, 0) is 6.54 Å². The Morgan fingerprint density at radius 1 is 1.21 bits per heavy atom. The maximum Gasteiger partial charge on any atom is 0.251 e. The fourth-order valence-corrected chi connectivity index (χ4v) is 3.49. The van der Waals surface area contributed by atoms with Gasteiger partial charge in [-0.1, -0.05) is 36.7 Å². The molecule has 0 aliphatic heterocycles. The number of amides is 2. The van der Waals surface area contributed by atoms with Gasteiger partial charge in [0.2, 0.25) is 5.91 Å². The number of carbonyl (C=O) groups excluding carboxylic acids is 2. The summed E-state index contributed by atoms with van der Waals surface area (Å²) in [4.78, 5) is 28.1. The Morgan fingerprint density at radius 3 is 2.66 bits per heavy atom. The van der Waals surface area contributed by atoms with E-state index in [4.69, 9.17) is 17.3 Å². The van der Waals surface area contributed by atoms with Gasteiger partial charge >= 0.3 is 0 Å². The van der Waals surface area contributed by atoms with Gasteiger partial charge in [-0.05, 0) is 41.5 Å². The third-order valence-electron chi connectivity index (χ3n) is 4.66. The maximum atomic E-state index is 14.7. The van der Waals surface area contributed by atoms with Crippen LogP contribution in [-0.4, -0.2) is 16.8 Å². The number of primary amides is 1. The third-order valence-corrected chi connectivity index (χ3v) is 4.99. The van der Waals surface area contributed by atoms with Gasteiger partial charge in [0.25, 0.3) is 5.91 Å². The van der Waals surface area contributed by atoms with E-state index in [0.717, 1.165) is 5.56 Å². The first-order valence-corrected chi connectivity index (χ1v) is 9.31. The topological polar surface area (TPSA) is 85.1 Å². The first kappa shape index (κ1) is 20.5. The van der Waals surface area contributed by atoms with Crippen molar-refractivity contribution in [1.82, 2.24) is 10.3 Å². The molecular weight excluding hydrogens is 393 g/mol. The molecule has 1 unspecified atom stereocenters. The van der Waals surface area contributed by atoms with Gasteiger partial charge in [0.05, 0.1) is 0 Å². The van der Waals surface area contributed by atoms with Crippen LogP contribution in [0.5, 0.6) is 0 Å². The Morgan fingerprint density at radius 2 is 2.00 bits per heavy atom. The van der Waals surface area contributed by atoms with Gasteiger partial charge in [0.15, 0.2) is 0 Å². The molecule has 0 aliphatic carbocycles. The van der Waals surface area contributed by atoms with Crippen LogP contribution >= 0.6 is 11.6 Å². The van der Waals surface area contributed by atoms with Crippen LogP contribution in [0.4, 0.5) is 4.39 Å². The monoisotopic (exact) mass is 411 g/mol. The summed E-state index contributed by atoms with van der Waals surface area (Å²) in [5, 5.41) is 3.06. The van der Waals surface area contributed by atoms with Crippen LogP contribution in [0, 0.1) is 5.82 Å². The van der Waals surface area contributed by atoms with Gasteiger partial charge in [0.1, 0.15) is 5.82 Å². The summed E-state index contributed by atoms with van der Waals surface area (Å²) in [5.74, 6) is -2.04. The average molecular weight is 412 g/mol. The van der Waals surface area contributed by atoms with E-state index in [0.29, 0.717) is 5.56 Å². The quantitative estimate of drug-likeness (QED) is 0.641. The molecule has 0 saturated carbocycles. The number of benzene rings is 2. The Labute approximate surface area is 172 Å². The molecule has 5 nitrogen and oxygen atoms in total. The van der Waals surface area contributed by atoms with Crippen molar-refractivity contribution in [1.29, 1.82) is 0 Å². The van der Waals surface area contributed by atoms with Gasteiger partial charge in [-0.2, -0.15) is 0 Å². The largest absolute Gasteiger partial charge is 0.366 e. The van der Waals surface area contributed by atoms with E-state index in [1.807, 2.05) is 6.07 Å². The highest BCUT2D eigenvalue weighted by molar-refractivity contribution is 6.31. The van der Waals surface area contributed by atoms with Crippen LogP contribution < -0.4 is 11.1 Å². The smallest absolute Gasteiger partial charge is 0.251 e. The van der Waals surface area contributed by atoms with Gasteiger partial charge in [0, 0.05) is 46.6 Å². The fourth-order valence-electron chi connectivity index (χ4n) is 3.14. The molecule has 1 aromatic heterocycles. The average Bonchev–Trinajstić information content (AvgIpc) is 2.72. The minimum absolute atomic E-state index is 0.219. The lowest BCUT2D eigenvalue weighted by molar-refractivity contribution is 0.0948. The van der Waals surface area contributed by atoms with Gasteiger partial charge in [-0.25, -0.2) is 4.39 Å². The zero-order valence-electron chi connectivity index (χ0n) is 15.7. The molecule has 0 aliphatic rings. The van der Waals surface area contributed by atoms with Crippen molar-refractivity contribution in [2.45, 2.75) is 19.4 Å². The summed E-state index contributed by atoms with van der Waals surface area (Å²) in [6.07, 6.45) is 3.29. The second kappa shape index (κ2) is 8.84. The van der Waals surface area contributed by atoms with Gasteiger partial charge in [-0.3, -0.25) is 14.6 Å². The number of hydrogen-bond donors (Lipinski definition) is 2. The number of halogens is 2. The molecular formula is C22H19ClFN3O2. The molecule has 29 heavy (non-hydrogen) atoms. The normalized spacial score (nSPS) is 11.7. The summed E-state index contributed by atoms with van der Waals surface area (Å²) in [5.41, 5.74) is 7.39. The molecule has 0 radical (unpaired) electrons. The number of hydrogen-bond acceptors (Lipinski definition) is 3. The first-order chi connectivity index (χ1) is 13.9. The minimum atomic E-state index is -0.604. The zero-order valence-corrected chi connectivity index (χ0v) is 16.4. The highest BCUT2D eigenvalue weighted by atomic mass is 35.5. The van der Waals surface area contributed by atoms with Crippen molar-refractivity contribution in [2.24, 2.45) is 5.73 Å². The minimum Gasteiger partial charge on any atom is -0.366 e. The molecule has 0 bridgehead atoms. The van der Waals surface area contributed by atoms with Crippen LogP contribution in [0.2, 0.25) is 5.02 Å². The molecule has 3 aromatic rings. The number of nitrogens with one attached hydrogen (secondary N) is 1. The summed E-state index contributed by atoms with van der Waals surface area (Å²) >= 11 is 6.31. The molecule has 1 atom stereocenters. The highest BCUT2D eigenvalue weighted by Crippen LogP contribution is 2.34. The van der Waals surface area contributed by atoms with E-state index >= 15 is 0 Å². The number of rotatable bonds is 6. The second-order valence-electron chi connectivity index (χ2n) is 6.57. The fraction of sp³-hybridized carbons (Fsp3) is 0.136. The standard InChI is InChI=1S/C22H19ClFN3O2/c1-13(16-8-7-15(21(25)28)10-18(16)23)20-17(5-2-6-19(20)24)22(29)27-12-14-4-3-9-26-11-14/h2-11,13H,12H2,1H3,(H2,25,28)(H,27,29). The number of pyridine rings is 1. The summed E-state index contributed by atoms with van der Waals surface area (Å²) in [6, 6.07) is 12.6. The van der Waals surface area contributed by atoms with Crippen LogP contribution in [0.15, 0.2) is 60.9 Å². The van der Waals surface area contributed by atoms with Crippen molar-refractivity contribution < 1.29 is 14.0 Å². The van der Waals surface area contributed by atoms with Crippen molar-refractivity contribution in [3.8, 4) is 0 Å². The summed E-state index contributed by atoms with van der Waals surface area (Å²) < 4.78 is 14.7. The molecule has 2 aromatic carbocycles. The first-order valence-electron chi connectivity index (χ1n) is 8.93. The summed E-state index contributed by atoms with van der Waals surface area (Å²) in [6.45, 7) is 2.02. The molecule has 0 saturated heterocycles. The maximum absolute atomic E-state index is 14.7. The van der Waals surface area contributed by atoms with Crippen molar-refractivity contribution in [2.75, 3.05) is 0 Å². The van der Waals surface area contributed by atoms with E-state index in [2.05, 4.69) is 10.3 Å². The van der Waals surface area contributed by atoms with Crippen molar-refractivity contribution >= 4 is 23.4 Å². The number of nitrogens with zero attached hydrogens (tertiary/aromatic N) is 1. The Balaban J connectivity index is 1.91. The van der Waals surface area contributed by atoms with E-state index in [1.165, 1.54) is 24.3 Å². The molecule has 1 heterocycles. The van der Waals surface area contributed by atoms with Crippen molar-refractivity contribution in [3.63, 3.8) is 0 Å². The van der Waals surface area contributed by atoms with E-state index in [9.17, 15) is 14.0 Å². The lowest BCUT2D eigenvalue weighted by atomic mass is 9.88. The molecule has 7 heteroatoms. The Kier molecular flexibility index (Phi) is 6.24. The number of aromatic nitrogens is 1.